The number of aromatic nitrogens is 3. The molecule has 2 heterocycles. The number of carbonyl (C=O) groups excluding carboxylic acids is 1. The van der Waals surface area contributed by atoms with Gasteiger partial charge in [0.1, 0.15) is 22.7 Å². The molecule has 2 aromatic heterocycles. The molecular weight excluding hydrogens is 371 g/mol. The number of esters is 1. The van der Waals surface area contributed by atoms with E-state index in [9.17, 15) is 9.18 Å². The first kappa shape index (κ1) is 18.9. The van der Waals surface area contributed by atoms with Crippen molar-refractivity contribution < 1.29 is 13.9 Å². The maximum atomic E-state index is 13.9. The minimum Gasteiger partial charge on any atom is -0.462 e. The molecule has 0 fully saturated rings. The number of para-hydroxylation sites is 2. The Morgan fingerprint density at radius 2 is 1.90 bits per heavy atom. The Labute approximate surface area is 167 Å². The van der Waals surface area contributed by atoms with Crippen molar-refractivity contribution in [1.29, 1.82) is 0 Å². The van der Waals surface area contributed by atoms with Gasteiger partial charge < -0.3 is 10.5 Å². The molecule has 0 saturated heterocycles. The summed E-state index contributed by atoms with van der Waals surface area (Å²) in [6, 6.07) is 13.3. The summed E-state index contributed by atoms with van der Waals surface area (Å²) in [4.78, 5) is 22.2. The molecule has 148 valence electrons. The van der Waals surface area contributed by atoms with E-state index in [0.29, 0.717) is 27.9 Å². The number of benzene rings is 2. The number of ether oxygens (including phenoxy) is 1. The van der Waals surface area contributed by atoms with Gasteiger partial charge in [0.15, 0.2) is 5.65 Å². The number of fused-ring (bicyclic) bond motifs is 2. The first-order valence-corrected chi connectivity index (χ1v) is 9.49. The molecule has 4 rings (SSSR count). The van der Waals surface area contributed by atoms with Gasteiger partial charge in [0.05, 0.1) is 23.3 Å². The average molecular weight is 392 g/mol. The lowest BCUT2D eigenvalue weighted by molar-refractivity contribution is 0.0450. The van der Waals surface area contributed by atoms with Crippen molar-refractivity contribution in [1.82, 2.24) is 14.5 Å². The molecule has 0 spiro atoms. The summed E-state index contributed by atoms with van der Waals surface area (Å²) in [5, 5.41) is 0. The number of halogens is 1. The molecule has 0 radical (unpaired) electrons. The smallest absolute Gasteiger partial charge is 0.344 e. The minimum atomic E-state index is -0.562. The topological polar surface area (TPSA) is 83.0 Å². The van der Waals surface area contributed by atoms with E-state index in [4.69, 9.17) is 10.5 Å². The molecule has 0 aliphatic carbocycles. The zero-order chi connectivity index (χ0) is 20.5. The second kappa shape index (κ2) is 7.50. The fourth-order valence-corrected chi connectivity index (χ4v) is 3.15. The highest BCUT2D eigenvalue weighted by Gasteiger charge is 2.26. The molecule has 2 aromatic carbocycles. The predicted octanol–water partition coefficient (Wildman–Crippen LogP) is 4.50. The molecule has 4 aromatic rings. The standard InChI is InChI=1S/C22H21FN4O2/c1-3-13(2)12-29-22(28)18-19-21(26-17-10-5-4-9-16(17)25-19)27(20(18)24)15-8-6-7-14(23)11-15/h4-11,13H,3,12,24H2,1-2H3/t13-/m0/s1. The number of hydrogen-bond acceptors (Lipinski definition) is 5. The number of hydrogen-bond donors (Lipinski definition) is 1. The van der Waals surface area contributed by atoms with Crippen LogP contribution in [0.2, 0.25) is 0 Å². The van der Waals surface area contributed by atoms with E-state index in [2.05, 4.69) is 9.97 Å². The van der Waals surface area contributed by atoms with Gasteiger partial charge in [0.25, 0.3) is 0 Å². The zero-order valence-electron chi connectivity index (χ0n) is 16.2. The average Bonchev–Trinajstić information content (AvgIpc) is 3.00. The molecule has 0 saturated carbocycles. The molecular formula is C22H21FN4O2. The summed E-state index contributed by atoms with van der Waals surface area (Å²) in [6.07, 6.45) is 0.887. The van der Waals surface area contributed by atoms with Crippen molar-refractivity contribution >= 4 is 34.0 Å². The first-order chi connectivity index (χ1) is 14.0. The Balaban J connectivity index is 1.96. The van der Waals surface area contributed by atoms with Crippen LogP contribution < -0.4 is 5.73 Å². The van der Waals surface area contributed by atoms with Crippen molar-refractivity contribution in [2.24, 2.45) is 5.92 Å². The summed E-state index contributed by atoms with van der Waals surface area (Å²) in [5.41, 5.74) is 8.95. The fraction of sp³-hybridized carbons (Fsp3) is 0.227. The number of nitrogen functional groups attached to an aromatic ring is 1. The molecule has 2 N–H and O–H groups in total. The summed E-state index contributed by atoms with van der Waals surface area (Å²) < 4.78 is 20.9. The minimum absolute atomic E-state index is 0.120. The zero-order valence-corrected chi connectivity index (χ0v) is 16.2. The SMILES string of the molecule is CC[C@H](C)COC(=O)c1c(N)n(-c2cccc(F)c2)c2nc3ccccc3nc12. The van der Waals surface area contributed by atoms with Crippen molar-refractivity contribution in [2.45, 2.75) is 20.3 Å². The highest BCUT2D eigenvalue weighted by molar-refractivity contribution is 6.09. The maximum absolute atomic E-state index is 13.9. The lowest BCUT2D eigenvalue weighted by atomic mass is 10.1. The molecule has 0 unspecified atom stereocenters. The van der Waals surface area contributed by atoms with Gasteiger partial charge in [-0.15, -0.1) is 0 Å². The van der Waals surface area contributed by atoms with E-state index in [1.807, 2.05) is 38.1 Å². The third-order valence-electron chi connectivity index (χ3n) is 4.96. The third-order valence-corrected chi connectivity index (χ3v) is 4.96. The number of anilines is 1. The van der Waals surface area contributed by atoms with Gasteiger partial charge in [-0.25, -0.2) is 19.2 Å². The predicted molar refractivity (Wildman–Crippen MR) is 110 cm³/mol. The van der Waals surface area contributed by atoms with Gasteiger partial charge in [0.2, 0.25) is 0 Å². The van der Waals surface area contributed by atoms with Crippen LogP contribution in [0.5, 0.6) is 0 Å². The highest BCUT2D eigenvalue weighted by atomic mass is 19.1. The molecule has 0 bridgehead atoms. The monoisotopic (exact) mass is 392 g/mol. The van der Waals surface area contributed by atoms with E-state index in [0.717, 1.165) is 6.42 Å². The lowest BCUT2D eigenvalue weighted by Gasteiger charge is -2.10. The summed E-state index contributed by atoms with van der Waals surface area (Å²) >= 11 is 0. The van der Waals surface area contributed by atoms with Crippen LogP contribution in [-0.2, 0) is 4.74 Å². The Morgan fingerprint density at radius 3 is 2.59 bits per heavy atom. The van der Waals surface area contributed by atoms with Crippen LogP contribution in [0.25, 0.3) is 27.9 Å². The highest BCUT2D eigenvalue weighted by Crippen LogP contribution is 2.31. The van der Waals surface area contributed by atoms with Crippen molar-refractivity contribution in [3.8, 4) is 5.69 Å². The summed E-state index contributed by atoms with van der Waals surface area (Å²) in [6.45, 7) is 4.31. The molecule has 0 amide bonds. The van der Waals surface area contributed by atoms with Crippen LogP contribution >= 0.6 is 0 Å². The van der Waals surface area contributed by atoms with Crippen LogP contribution in [0.4, 0.5) is 10.2 Å². The second-order valence-electron chi connectivity index (χ2n) is 7.07. The summed E-state index contributed by atoms with van der Waals surface area (Å²) in [5.74, 6) is -0.635. The molecule has 1 atom stereocenters. The van der Waals surface area contributed by atoms with Crippen LogP contribution in [0.3, 0.4) is 0 Å². The normalized spacial score (nSPS) is 12.4. The van der Waals surface area contributed by atoms with Crippen LogP contribution in [0, 0.1) is 11.7 Å². The molecule has 0 aliphatic rings. The Morgan fingerprint density at radius 1 is 1.17 bits per heavy atom. The van der Waals surface area contributed by atoms with E-state index in [1.54, 1.807) is 12.1 Å². The van der Waals surface area contributed by atoms with E-state index in [1.165, 1.54) is 16.7 Å². The largest absolute Gasteiger partial charge is 0.462 e. The Bertz CT molecular complexity index is 1220. The van der Waals surface area contributed by atoms with Gasteiger partial charge in [-0.2, -0.15) is 0 Å². The Kier molecular flexibility index (Phi) is 4.88. The summed E-state index contributed by atoms with van der Waals surface area (Å²) in [7, 11) is 0. The van der Waals surface area contributed by atoms with Gasteiger partial charge >= 0.3 is 5.97 Å². The van der Waals surface area contributed by atoms with Crippen molar-refractivity contribution in [3.63, 3.8) is 0 Å². The molecule has 0 aliphatic heterocycles. The number of carbonyl (C=O) groups is 1. The van der Waals surface area contributed by atoms with E-state index in [-0.39, 0.29) is 23.9 Å². The molecule has 7 heteroatoms. The van der Waals surface area contributed by atoms with Crippen molar-refractivity contribution in [2.75, 3.05) is 12.3 Å². The quantitative estimate of drug-likeness (QED) is 0.506. The lowest BCUT2D eigenvalue weighted by Crippen LogP contribution is -2.13. The van der Waals surface area contributed by atoms with Gasteiger partial charge in [-0.05, 0) is 36.2 Å². The number of nitrogens with two attached hydrogens (primary N) is 1. The number of nitrogens with zero attached hydrogens (tertiary/aromatic N) is 3. The molecule has 29 heavy (non-hydrogen) atoms. The fourth-order valence-electron chi connectivity index (χ4n) is 3.15. The van der Waals surface area contributed by atoms with Crippen LogP contribution in [0.15, 0.2) is 48.5 Å². The maximum Gasteiger partial charge on any atom is 0.344 e. The van der Waals surface area contributed by atoms with E-state index < -0.39 is 11.8 Å². The van der Waals surface area contributed by atoms with Crippen LogP contribution in [-0.4, -0.2) is 27.1 Å². The molecule has 6 nitrogen and oxygen atoms in total. The first-order valence-electron chi connectivity index (χ1n) is 9.49. The second-order valence-corrected chi connectivity index (χ2v) is 7.07. The van der Waals surface area contributed by atoms with Crippen LogP contribution in [0.1, 0.15) is 30.6 Å². The van der Waals surface area contributed by atoms with Gasteiger partial charge in [-0.3, -0.25) is 4.57 Å². The van der Waals surface area contributed by atoms with Crippen molar-refractivity contribution in [3.05, 3.63) is 59.9 Å². The Hall–Kier alpha value is -3.48. The van der Waals surface area contributed by atoms with Gasteiger partial charge in [-0.1, -0.05) is 38.5 Å². The third kappa shape index (κ3) is 3.40. The van der Waals surface area contributed by atoms with E-state index >= 15 is 0 Å². The number of rotatable bonds is 5. The van der Waals surface area contributed by atoms with Gasteiger partial charge in [0, 0.05) is 0 Å².